The van der Waals surface area contributed by atoms with Crippen LogP contribution in [0.2, 0.25) is 0 Å². The molecular weight excluding hydrogens is 572 g/mol. The number of carbonyl (C=O) groups excluding carboxylic acids is 1. The van der Waals surface area contributed by atoms with Crippen LogP contribution in [-0.2, 0) is 24.4 Å². The maximum absolute atomic E-state index is 13.0. The number of fused-ring (bicyclic) bond motifs is 1. The van der Waals surface area contributed by atoms with Gasteiger partial charge in [-0.15, -0.1) is 5.10 Å². The Morgan fingerprint density at radius 3 is 2.40 bits per heavy atom. The number of carbonyl (C=O) groups is 1. The first kappa shape index (κ1) is 29.5. The lowest BCUT2D eigenvalue weighted by molar-refractivity contribution is 0.0511. The zero-order chi connectivity index (χ0) is 31.5. The van der Waals surface area contributed by atoms with Gasteiger partial charge >= 0.3 is 5.97 Å². The first-order chi connectivity index (χ1) is 21.9. The second-order valence-corrected chi connectivity index (χ2v) is 10.4. The van der Waals surface area contributed by atoms with E-state index in [1.54, 1.807) is 35.5 Å². The van der Waals surface area contributed by atoms with Crippen LogP contribution in [0.3, 0.4) is 0 Å². The van der Waals surface area contributed by atoms with Crippen LogP contribution in [0.15, 0.2) is 67.0 Å². The Labute approximate surface area is 260 Å². The van der Waals surface area contributed by atoms with Gasteiger partial charge in [-0.1, -0.05) is 42.5 Å². The lowest BCUT2D eigenvalue weighted by Crippen LogP contribution is -2.10. The second-order valence-electron chi connectivity index (χ2n) is 10.4. The van der Waals surface area contributed by atoms with Crippen LogP contribution in [0.25, 0.3) is 28.6 Å². The largest absolute Gasteiger partial charge is 0.497 e. The predicted molar refractivity (Wildman–Crippen MR) is 167 cm³/mol. The number of aryl methyl sites for hydroxylation is 3. The van der Waals surface area contributed by atoms with E-state index in [4.69, 9.17) is 34.4 Å². The van der Waals surface area contributed by atoms with Crippen molar-refractivity contribution >= 4 is 11.5 Å². The Kier molecular flexibility index (Phi) is 8.28. The number of imidazole rings is 1. The monoisotopic (exact) mass is 606 g/mol. The summed E-state index contributed by atoms with van der Waals surface area (Å²) in [5.74, 6) is 1.82. The molecule has 0 saturated heterocycles. The molecule has 12 heteroatoms. The topological polar surface area (TPSA) is 123 Å². The minimum absolute atomic E-state index is 0.134. The molecule has 0 unspecified atom stereocenters. The molecule has 2 aromatic carbocycles. The van der Waals surface area contributed by atoms with Gasteiger partial charge in [0.25, 0.3) is 0 Å². The SMILES string of the molecule is CCOC(=O)c1nc(-c2nc(-c3c(OCc4ccccc4)c(C)nn3CC)nn2Cc2ccc(OC)cc2)c2cnc(C)cn12. The Balaban J connectivity index is 1.51. The van der Waals surface area contributed by atoms with Crippen molar-refractivity contribution in [2.45, 2.75) is 47.4 Å². The molecule has 0 spiro atoms. The average Bonchev–Trinajstić information content (AvgIpc) is 3.73. The molecule has 0 atom stereocenters. The van der Waals surface area contributed by atoms with Gasteiger partial charge in [0.05, 0.1) is 37.7 Å². The van der Waals surface area contributed by atoms with Crippen molar-refractivity contribution in [1.29, 1.82) is 0 Å². The molecule has 4 heterocycles. The van der Waals surface area contributed by atoms with Gasteiger partial charge in [-0.3, -0.25) is 14.1 Å². The molecule has 0 bridgehead atoms. The van der Waals surface area contributed by atoms with E-state index >= 15 is 0 Å². The maximum atomic E-state index is 13.0. The third-order valence-electron chi connectivity index (χ3n) is 7.30. The van der Waals surface area contributed by atoms with Crippen LogP contribution in [0.5, 0.6) is 11.5 Å². The van der Waals surface area contributed by atoms with Crippen LogP contribution >= 0.6 is 0 Å². The fourth-order valence-electron chi connectivity index (χ4n) is 5.13. The van der Waals surface area contributed by atoms with Gasteiger partial charge in [0, 0.05) is 12.7 Å². The van der Waals surface area contributed by atoms with E-state index in [1.807, 2.05) is 80.1 Å². The quantitative estimate of drug-likeness (QED) is 0.181. The Bertz CT molecular complexity index is 1960. The van der Waals surface area contributed by atoms with Crippen LogP contribution in [0.1, 0.15) is 47.0 Å². The minimum Gasteiger partial charge on any atom is -0.497 e. The normalized spacial score (nSPS) is 11.2. The molecule has 0 amide bonds. The van der Waals surface area contributed by atoms with E-state index < -0.39 is 5.97 Å². The lowest BCUT2D eigenvalue weighted by Gasteiger charge is -2.08. The zero-order valence-corrected chi connectivity index (χ0v) is 25.9. The van der Waals surface area contributed by atoms with Crippen LogP contribution in [0.4, 0.5) is 0 Å². The number of nitrogens with zero attached hydrogens (tertiary/aromatic N) is 8. The minimum atomic E-state index is -0.540. The second kappa shape index (κ2) is 12.6. The summed E-state index contributed by atoms with van der Waals surface area (Å²) in [5.41, 5.74) is 5.15. The standard InChI is InChI=1S/C33H34N8O4/c1-6-40-28(29(22(4)37-40)45-20-24-11-9-8-10-12-24)30-36-31(41(38-30)19-23-13-15-25(43-5)16-14-23)27-26-17-34-21(3)18-39(26)32(35-27)33(42)44-7-2/h8-18H,6-7,19-20H2,1-5H3. The summed E-state index contributed by atoms with van der Waals surface area (Å²) >= 11 is 0. The van der Waals surface area contributed by atoms with Gasteiger partial charge in [-0.05, 0) is 51.0 Å². The number of ether oxygens (including phenoxy) is 3. The number of esters is 1. The van der Waals surface area contributed by atoms with Crippen molar-refractivity contribution in [3.8, 4) is 34.5 Å². The molecule has 0 radical (unpaired) electrons. The van der Waals surface area contributed by atoms with Crippen LogP contribution < -0.4 is 9.47 Å². The molecular formula is C33H34N8O4. The summed E-state index contributed by atoms with van der Waals surface area (Å²) in [6, 6.07) is 17.7. The molecule has 0 aliphatic carbocycles. The highest BCUT2D eigenvalue weighted by Crippen LogP contribution is 2.34. The highest BCUT2D eigenvalue weighted by molar-refractivity contribution is 5.90. The van der Waals surface area contributed by atoms with Crippen molar-refractivity contribution < 1.29 is 19.0 Å². The van der Waals surface area contributed by atoms with Crippen molar-refractivity contribution in [2.24, 2.45) is 0 Å². The summed E-state index contributed by atoms with van der Waals surface area (Å²) in [5, 5.41) is 9.73. The van der Waals surface area contributed by atoms with Gasteiger partial charge in [-0.2, -0.15) is 5.10 Å². The van der Waals surface area contributed by atoms with E-state index in [2.05, 4.69) is 4.98 Å². The lowest BCUT2D eigenvalue weighted by atomic mass is 10.2. The molecule has 230 valence electrons. The summed E-state index contributed by atoms with van der Waals surface area (Å²) in [7, 11) is 1.63. The number of benzene rings is 2. The van der Waals surface area contributed by atoms with Crippen molar-refractivity contribution in [3.63, 3.8) is 0 Å². The summed E-state index contributed by atoms with van der Waals surface area (Å²) in [6.45, 7) is 9.07. The third-order valence-corrected chi connectivity index (χ3v) is 7.30. The fourth-order valence-corrected chi connectivity index (χ4v) is 5.13. The van der Waals surface area contributed by atoms with E-state index in [0.29, 0.717) is 54.0 Å². The summed E-state index contributed by atoms with van der Waals surface area (Å²) in [4.78, 5) is 27.3. The first-order valence-electron chi connectivity index (χ1n) is 14.7. The molecule has 4 aromatic heterocycles. The van der Waals surface area contributed by atoms with E-state index in [1.165, 1.54) is 0 Å². The van der Waals surface area contributed by atoms with E-state index in [-0.39, 0.29) is 12.4 Å². The van der Waals surface area contributed by atoms with Crippen LogP contribution in [-0.4, -0.2) is 58.6 Å². The van der Waals surface area contributed by atoms with Gasteiger partial charge in [0.15, 0.2) is 11.6 Å². The van der Waals surface area contributed by atoms with Crippen molar-refractivity contribution in [2.75, 3.05) is 13.7 Å². The highest BCUT2D eigenvalue weighted by atomic mass is 16.5. The predicted octanol–water partition coefficient (Wildman–Crippen LogP) is 5.30. The molecule has 45 heavy (non-hydrogen) atoms. The van der Waals surface area contributed by atoms with Gasteiger partial charge in [0.2, 0.25) is 11.6 Å². The van der Waals surface area contributed by atoms with E-state index in [0.717, 1.165) is 28.3 Å². The highest BCUT2D eigenvalue weighted by Gasteiger charge is 2.28. The van der Waals surface area contributed by atoms with Crippen molar-refractivity contribution in [1.82, 2.24) is 38.9 Å². The number of hydrogen-bond donors (Lipinski definition) is 0. The molecule has 0 aliphatic rings. The zero-order valence-electron chi connectivity index (χ0n) is 25.9. The average molecular weight is 607 g/mol. The molecule has 6 rings (SSSR count). The van der Waals surface area contributed by atoms with E-state index in [9.17, 15) is 4.79 Å². The van der Waals surface area contributed by atoms with Gasteiger partial charge in [0.1, 0.15) is 29.4 Å². The molecule has 0 saturated carbocycles. The first-order valence-corrected chi connectivity index (χ1v) is 14.7. The molecule has 0 aliphatic heterocycles. The van der Waals surface area contributed by atoms with Gasteiger partial charge in [-0.25, -0.2) is 19.4 Å². The fraction of sp³-hybridized carbons (Fsp3) is 0.273. The smallest absolute Gasteiger partial charge is 0.374 e. The maximum Gasteiger partial charge on any atom is 0.374 e. The summed E-state index contributed by atoms with van der Waals surface area (Å²) < 4.78 is 22.3. The molecule has 0 fully saturated rings. The third kappa shape index (κ3) is 5.86. The number of methoxy groups -OCH3 is 1. The molecule has 0 N–H and O–H groups in total. The Morgan fingerprint density at radius 2 is 1.69 bits per heavy atom. The molecule has 12 nitrogen and oxygen atoms in total. The number of rotatable bonds is 11. The Morgan fingerprint density at radius 1 is 0.911 bits per heavy atom. The summed E-state index contributed by atoms with van der Waals surface area (Å²) in [6.07, 6.45) is 3.44. The Hall–Kier alpha value is -5.52. The number of hydrogen-bond acceptors (Lipinski definition) is 9. The van der Waals surface area contributed by atoms with Crippen LogP contribution in [0, 0.1) is 13.8 Å². The van der Waals surface area contributed by atoms with Gasteiger partial charge < -0.3 is 14.2 Å². The number of aromatic nitrogens is 8. The van der Waals surface area contributed by atoms with Crippen molar-refractivity contribution in [3.05, 3.63) is 95.3 Å². The molecule has 6 aromatic rings.